The first-order valence-electron chi connectivity index (χ1n) is 5.21. The second-order valence-electron chi connectivity index (χ2n) is 3.79. The molecule has 0 bridgehead atoms. The van der Waals surface area contributed by atoms with Gasteiger partial charge in [-0.15, -0.1) is 0 Å². The summed E-state index contributed by atoms with van der Waals surface area (Å²) in [5.74, 6) is 0.678. The molecular formula is C10H15N5O. The Morgan fingerprint density at radius 2 is 2.31 bits per heavy atom. The van der Waals surface area contributed by atoms with Gasteiger partial charge in [-0.25, -0.2) is 9.97 Å². The Bertz CT molecular complexity index is 395. The molecule has 0 radical (unpaired) electrons. The number of likely N-dealkylation sites (N-methyl/N-ethyl adjacent to an activating group) is 1. The lowest BCUT2D eigenvalue weighted by Crippen LogP contribution is -2.49. The van der Waals surface area contributed by atoms with Crippen molar-refractivity contribution in [2.45, 2.75) is 6.54 Å². The van der Waals surface area contributed by atoms with Crippen LogP contribution in [-0.2, 0) is 11.3 Å². The first-order chi connectivity index (χ1) is 7.70. The van der Waals surface area contributed by atoms with Crippen LogP contribution in [0.2, 0.25) is 0 Å². The van der Waals surface area contributed by atoms with Crippen LogP contribution in [0.25, 0.3) is 0 Å². The summed E-state index contributed by atoms with van der Waals surface area (Å²) in [4.78, 5) is 23.6. The monoisotopic (exact) mass is 221 g/mol. The van der Waals surface area contributed by atoms with E-state index in [1.54, 1.807) is 24.2 Å². The molecule has 1 amide bonds. The molecule has 6 nitrogen and oxygen atoms in total. The van der Waals surface area contributed by atoms with Crippen LogP contribution in [0.4, 0.5) is 5.95 Å². The summed E-state index contributed by atoms with van der Waals surface area (Å²) in [6.07, 6.45) is 1.67. The molecule has 2 heterocycles. The van der Waals surface area contributed by atoms with Gasteiger partial charge in [-0.3, -0.25) is 4.79 Å². The van der Waals surface area contributed by atoms with Crippen molar-refractivity contribution in [1.29, 1.82) is 0 Å². The SMILES string of the molecule is CN1CCN(c2nccc(CN)n2)CC1=O. The van der Waals surface area contributed by atoms with E-state index in [9.17, 15) is 4.79 Å². The lowest BCUT2D eigenvalue weighted by Gasteiger charge is -2.31. The van der Waals surface area contributed by atoms with Crippen molar-refractivity contribution in [2.75, 3.05) is 31.6 Å². The zero-order valence-electron chi connectivity index (χ0n) is 9.26. The third-order valence-electron chi connectivity index (χ3n) is 2.65. The fourth-order valence-electron chi connectivity index (χ4n) is 1.58. The molecular weight excluding hydrogens is 206 g/mol. The molecule has 0 unspecified atom stereocenters. The van der Waals surface area contributed by atoms with Crippen molar-refractivity contribution >= 4 is 11.9 Å². The molecule has 86 valence electrons. The molecule has 6 heteroatoms. The maximum Gasteiger partial charge on any atom is 0.242 e. The average molecular weight is 221 g/mol. The van der Waals surface area contributed by atoms with Crippen LogP contribution >= 0.6 is 0 Å². The predicted molar refractivity (Wildman–Crippen MR) is 59.8 cm³/mol. The Morgan fingerprint density at radius 3 is 3.00 bits per heavy atom. The average Bonchev–Trinajstić information content (AvgIpc) is 2.33. The van der Waals surface area contributed by atoms with E-state index in [2.05, 4.69) is 9.97 Å². The summed E-state index contributed by atoms with van der Waals surface area (Å²) in [7, 11) is 1.80. The summed E-state index contributed by atoms with van der Waals surface area (Å²) in [5.41, 5.74) is 6.30. The third kappa shape index (κ3) is 2.11. The number of aromatic nitrogens is 2. The van der Waals surface area contributed by atoms with Gasteiger partial charge >= 0.3 is 0 Å². The van der Waals surface area contributed by atoms with Crippen LogP contribution in [-0.4, -0.2) is 47.5 Å². The van der Waals surface area contributed by atoms with E-state index in [-0.39, 0.29) is 5.91 Å². The highest BCUT2D eigenvalue weighted by Gasteiger charge is 2.22. The summed E-state index contributed by atoms with van der Waals surface area (Å²) in [6.45, 7) is 2.19. The molecule has 1 aliphatic rings. The molecule has 1 aromatic heterocycles. The highest BCUT2D eigenvalue weighted by Crippen LogP contribution is 2.10. The Hall–Kier alpha value is -1.69. The van der Waals surface area contributed by atoms with E-state index in [0.29, 0.717) is 25.6 Å². The summed E-state index contributed by atoms with van der Waals surface area (Å²) < 4.78 is 0. The Morgan fingerprint density at radius 1 is 1.50 bits per heavy atom. The molecule has 0 spiro atoms. The molecule has 1 aliphatic heterocycles. The standard InChI is InChI=1S/C10H15N5O/c1-14-4-5-15(7-9(14)16)10-12-3-2-8(6-11)13-10/h2-3H,4-7,11H2,1H3. The number of piperazine rings is 1. The van der Waals surface area contributed by atoms with Crippen LogP contribution in [0.15, 0.2) is 12.3 Å². The summed E-state index contributed by atoms with van der Waals surface area (Å²) in [5, 5.41) is 0. The van der Waals surface area contributed by atoms with Gasteiger partial charge in [-0.2, -0.15) is 0 Å². The van der Waals surface area contributed by atoms with E-state index in [1.165, 1.54) is 0 Å². The minimum absolute atomic E-state index is 0.0907. The van der Waals surface area contributed by atoms with Gasteiger partial charge in [0.25, 0.3) is 0 Å². The molecule has 0 aromatic carbocycles. The molecule has 1 fully saturated rings. The van der Waals surface area contributed by atoms with Gasteiger partial charge in [0, 0.05) is 32.9 Å². The Kier molecular flexibility index (Phi) is 3.00. The minimum Gasteiger partial charge on any atom is -0.342 e. The quantitative estimate of drug-likeness (QED) is 0.708. The lowest BCUT2D eigenvalue weighted by molar-refractivity contribution is -0.129. The van der Waals surface area contributed by atoms with Crippen LogP contribution in [0.3, 0.4) is 0 Å². The lowest BCUT2D eigenvalue weighted by atomic mass is 10.3. The number of nitrogens with zero attached hydrogens (tertiary/aromatic N) is 4. The van der Waals surface area contributed by atoms with Crippen molar-refractivity contribution in [3.63, 3.8) is 0 Å². The molecule has 0 atom stereocenters. The topological polar surface area (TPSA) is 75.3 Å². The predicted octanol–water partition coefficient (Wildman–Crippen LogP) is -0.786. The maximum atomic E-state index is 11.5. The molecule has 16 heavy (non-hydrogen) atoms. The van der Waals surface area contributed by atoms with Gasteiger partial charge in [-0.1, -0.05) is 0 Å². The van der Waals surface area contributed by atoms with E-state index in [1.807, 2.05) is 4.90 Å². The van der Waals surface area contributed by atoms with E-state index < -0.39 is 0 Å². The molecule has 2 N–H and O–H groups in total. The first-order valence-corrected chi connectivity index (χ1v) is 5.21. The van der Waals surface area contributed by atoms with E-state index in [0.717, 1.165) is 12.2 Å². The second-order valence-corrected chi connectivity index (χ2v) is 3.79. The first kappa shape index (κ1) is 10.8. The van der Waals surface area contributed by atoms with Crippen LogP contribution < -0.4 is 10.6 Å². The molecule has 2 rings (SSSR count). The maximum absolute atomic E-state index is 11.5. The second kappa shape index (κ2) is 4.44. The smallest absolute Gasteiger partial charge is 0.242 e. The Labute approximate surface area is 94.1 Å². The van der Waals surface area contributed by atoms with Crippen molar-refractivity contribution in [3.05, 3.63) is 18.0 Å². The van der Waals surface area contributed by atoms with E-state index in [4.69, 9.17) is 5.73 Å². The van der Waals surface area contributed by atoms with Crippen LogP contribution in [0.1, 0.15) is 5.69 Å². The number of nitrogens with two attached hydrogens (primary N) is 1. The van der Waals surface area contributed by atoms with Gasteiger partial charge in [0.1, 0.15) is 0 Å². The number of hydrogen-bond acceptors (Lipinski definition) is 5. The number of carbonyl (C=O) groups is 1. The highest BCUT2D eigenvalue weighted by molar-refractivity contribution is 5.81. The van der Waals surface area contributed by atoms with Crippen LogP contribution in [0.5, 0.6) is 0 Å². The van der Waals surface area contributed by atoms with Crippen molar-refractivity contribution in [2.24, 2.45) is 5.73 Å². The minimum atomic E-state index is 0.0907. The number of rotatable bonds is 2. The van der Waals surface area contributed by atoms with E-state index >= 15 is 0 Å². The fourth-order valence-corrected chi connectivity index (χ4v) is 1.58. The van der Waals surface area contributed by atoms with Gasteiger partial charge in [0.2, 0.25) is 11.9 Å². The number of amides is 1. The molecule has 1 saturated heterocycles. The normalized spacial score (nSPS) is 16.8. The van der Waals surface area contributed by atoms with Gasteiger partial charge < -0.3 is 15.5 Å². The van der Waals surface area contributed by atoms with Crippen molar-refractivity contribution < 1.29 is 4.79 Å². The van der Waals surface area contributed by atoms with Crippen molar-refractivity contribution in [3.8, 4) is 0 Å². The van der Waals surface area contributed by atoms with Gasteiger partial charge in [-0.05, 0) is 6.07 Å². The summed E-state index contributed by atoms with van der Waals surface area (Å²) in [6, 6.07) is 1.78. The van der Waals surface area contributed by atoms with Crippen LogP contribution in [0, 0.1) is 0 Å². The van der Waals surface area contributed by atoms with Gasteiger partial charge in [0.15, 0.2) is 0 Å². The third-order valence-corrected chi connectivity index (χ3v) is 2.65. The molecule has 0 saturated carbocycles. The zero-order valence-corrected chi connectivity index (χ0v) is 9.26. The zero-order chi connectivity index (χ0) is 11.5. The van der Waals surface area contributed by atoms with Crippen molar-refractivity contribution in [1.82, 2.24) is 14.9 Å². The molecule has 0 aliphatic carbocycles. The number of anilines is 1. The van der Waals surface area contributed by atoms with Gasteiger partial charge in [0.05, 0.1) is 12.2 Å². The number of carbonyl (C=O) groups excluding carboxylic acids is 1. The highest BCUT2D eigenvalue weighted by atomic mass is 16.2. The fraction of sp³-hybridized carbons (Fsp3) is 0.500. The summed E-state index contributed by atoms with van der Waals surface area (Å²) >= 11 is 0. The largest absolute Gasteiger partial charge is 0.342 e. The Balaban J connectivity index is 2.15. The molecule has 1 aromatic rings. The number of hydrogen-bond donors (Lipinski definition) is 1.